The van der Waals surface area contributed by atoms with Crippen LogP contribution in [0.5, 0.6) is 0 Å². The smallest absolute Gasteiger partial charge is 0.0243 e. The molecule has 0 aromatic carbocycles. The van der Waals surface area contributed by atoms with Gasteiger partial charge >= 0.3 is 0 Å². The lowest BCUT2D eigenvalue weighted by Crippen LogP contribution is -2.47. The zero-order valence-electron chi connectivity index (χ0n) is 11.6. The molecule has 0 heterocycles. The Morgan fingerprint density at radius 2 is 1.69 bits per heavy atom. The van der Waals surface area contributed by atoms with Crippen LogP contribution in [0.15, 0.2) is 0 Å². The summed E-state index contributed by atoms with van der Waals surface area (Å²) in [6.07, 6.45) is 8.57. The Kier molecular flexibility index (Phi) is 6.37. The number of nitrogens with one attached hydrogen (secondary N) is 1. The summed E-state index contributed by atoms with van der Waals surface area (Å²) >= 11 is 0. The molecule has 0 spiro atoms. The first-order valence-electron chi connectivity index (χ1n) is 7.03. The Balaban J connectivity index is 2.53. The van der Waals surface area contributed by atoms with E-state index in [0.29, 0.717) is 6.04 Å². The number of hydrogen-bond donors (Lipinski definition) is 1. The third kappa shape index (κ3) is 4.06. The first-order chi connectivity index (χ1) is 7.66. The minimum Gasteiger partial charge on any atom is -0.318 e. The van der Waals surface area contributed by atoms with Crippen LogP contribution in [0.4, 0.5) is 0 Å². The fraction of sp³-hybridized carbons (Fsp3) is 1.00. The minimum atomic E-state index is 0.688. The highest BCUT2D eigenvalue weighted by molar-refractivity contribution is 4.81. The minimum absolute atomic E-state index is 0.688. The molecule has 1 atom stereocenters. The van der Waals surface area contributed by atoms with Crippen LogP contribution in [0.3, 0.4) is 0 Å². The maximum absolute atomic E-state index is 3.34. The topological polar surface area (TPSA) is 15.3 Å². The van der Waals surface area contributed by atoms with E-state index in [1.165, 1.54) is 38.5 Å². The molecule has 1 unspecified atom stereocenters. The zero-order valence-corrected chi connectivity index (χ0v) is 11.6. The van der Waals surface area contributed by atoms with Crippen molar-refractivity contribution >= 4 is 0 Å². The largest absolute Gasteiger partial charge is 0.318 e. The summed E-state index contributed by atoms with van der Waals surface area (Å²) in [5.41, 5.74) is 0. The summed E-state index contributed by atoms with van der Waals surface area (Å²) in [7, 11) is 4.40. The van der Waals surface area contributed by atoms with Gasteiger partial charge in [0.05, 0.1) is 0 Å². The van der Waals surface area contributed by atoms with E-state index < -0.39 is 0 Å². The van der Waals surface area contributed by atoms with Gasteiger partial charge in [0.25, 0.3) is 0 Å². The lowest BCUT2D eigenvalue weighted by Gasteiger charge is -2.37. The SMILES string of the molecule is CNCC(C(C)C)N(C)C1CCCCCC1. The molecule has 1 rings (SSSR count). The van der Waals surface area contributed by atoms with E-state index in [4.69, 9.17) is 0 Å². The second-order valence-electron chi connectivity index (χ2n) is 5.68. The summed E-state index contributed by atoms with van der Waals surface area (Å²) in [6, 6.07) is 1.51. The average Bonchev–Trinajstić information content (AvgIpc) is 2.53. The van der Waals surface area contributed by atoms with E-state index in [1.54, 1.807) is 0 Å². The quantitative estimate of drug-likeness (QED) is 0.725. The van der Waals surface area contributed by atoms with Crippen LogP contribution in [0, 0.1) is 5.92 Å². The Hall–Kier alpha value is -0.0800. The Bertz CT molecular complexity index is 172. The zero-order chi connectivity index (χ0) is 12.0. The standard InChI is InChI=1S/C14H30N2/c1-12(2)14(11-15-3)16(4)13-9-7-5-6-8-10-13/h12-15H,5-11H2,1-4H3. The summed E-state index contributed by atoms with van der Waals surface area (Å²) in [5.74, 6) is 0.737. The van der Waals surface area contributed by atoms with Crippen molar-refractivity contribution in [1.82, 2.24) is 10.2 Å². The molecule has 1 aliphatic carbocycles. The maximum atomic E-state index is 3.34. The van der Waals surface area contributed by atoms with Crippen LogP contribution in [0.1, 0.15) is 52.4 Å². The summed E-state index contributed by atoms with van der Waals surface area (Å²) < 4.78 is 0. The average molecular weight is 226 g/mol. The van der Waals surface area contributed by atoms with Crippen molar-refractivity contribution in [1.29, 1.82) is 0 Å². The van der Waals surface area contributed by atoms with E-state index in [9.17, 15) is 0 Å². The predicted octanol–water partition coefficient (Wildman–Crippen LogP) is 2.89. The normalized spacial score (nSPS) is 21.4. The number of nitrogens with zero attached hydrogens (tertiary/aromatic N) is 1. The van der Waals surface area contributed by atoms with Crippen molar-refractivity contribution in [3.63, 3.8) is 0 Å². The molecule has 1 aliphatic rings. The van der Waals surface area contributed by atoms with E-state index >= 15 is 0 Å². The lowest BCUT2D eigenvalue weighted by molar-refractivity contribution is 0.123. The molecule has 2 heteroatoms. The van der Waals surface area contributed by atoms with Gasteiger partial charge in [-0.15, -0.1) is 0 Å². The molecule has 1 N–H and O–H groups in total. The third-order valence-electron chi connectivity index (χ3n) is 4.11. The summed E-state index contributed by atoms with van der Waals surface area (Å²) in [4.78, 5) is 2.65. The predicted molar refractivity (Wildman–Crippen MR) is 71.8 cm³/mol. The van der Waals surface area contributed by atoms with Gasteiger partial charge in [0.1, 0.15) is 0 Å². The molecule has 0 aliphatic heterocycles. The highest BCUT2D eigenvalue weighted by Gasteiger charge is 2.25. The third-order valence-corrected chi connectivity index (χ3v) is 4.11. The van der Waals surface area contributed by atoms with Crippen LogP contribution < -0.4 is 5.32 Å². The van der Waals surface area contributed by atoms with Crippen molar-refractivity contribution in [3.8, 4) is 0 Å². The molecule has 0 amide bonds. The molecule has 0 aromatic rings. The molecule has 0 radical (unpaired) electrons. The molecule has 96 valence electrons. The van der Waals surface area contributed by atoms with Gasteiger partial charge in [-0.05, 0) is 32.9 Å². The number of likely N-dealkylation sites (N-methyl/N-ethyl adjacent to an activating group) is 2. The first kappa shape index (κ1) is 14.0. The highest BCUT2D eigenvalue weighted by atomic mass is 15.2. The van der Waals surface area contributed by atoms with Gasteiger partial charge in [-0.3, -0.25) is 4.90 Å². The molecule has 1 fully saturated rings. The Morgan fingerprint density at radius 1 is 1.12 bits per heavy atom. The highest BCUT2D eigenvalue weighted by Crippen LogP contribution is 2.24. The van der Waals surface area contributed by atoms with Gasteiger partial charge in [0.2, 0.25) is 0 Å². The molecular formula is C14H30N2. The first-order valence-corrected chi connectivity index (χ1v) is 7.03. The lowest BCUT2D eigenvalue weighted by atomic mass is 9.98. The second kappa shape index (κ2) is 7.29. The van der Waals surface area contributed by atoms with E-state index in [0.717, 1.165) is 18.5 Å². The van der Waals surface area contributed by atoms with Gasteiger partial charge < -0.3 is 5.32 Å². The van der Waals surface area contributed by atoms with Gasteiger partial charge in [-0.1, -0.05) is 39.5 Å². The number of rotatable bonds is 5. The Morgan fingerprint density at radius 3 is 2.12 bits per heavy atom. The van der Waals surface area contributed by atoms with Crippen LogP contribution >= 0.6 is 0 Å². The number of hydrogen-bond acceptors (Lipinski definition) is 2. The van der Waals surface area contributed by atoms with Crippen molar-refractivity contribution in [2.24, 2.45) is 5.92 Å². The van der Waals surface area contributed by atoms with Crippen LogP contribution in [0.25, 0.3) is 0 Å². The molecule has 16 heavy (non-hydrogen) atoms. The Labute approximate surface area is 102 Å². The van der Waals surface area contributed by atoms with Gasteiger partial charge in [0, 0.05) is 18.6 Å². The van der Waals surface area contributed by atoms with Gasteiger partial charge in [-0.2, -0.15) is 0 Å². The van der Waals surface area contributed by atoms with E-state index in [2.05, 4.69) is 38.2 Å². The van der Waals surface area contributed by atoms with Crippen LogP contribution in [0.2, 0.25) is 0 Å². The summed E-state index contributed by atoms with van der Waals surface area (Å²) in [6.45, 7) is 5.80. The molecule has 2 nitrogen and oxygen atoms in total. The fourth-order valence-electron chi connectivity index (χ4n) is 2.99. The molecule has 0 aromatic heterocycles. The van der Waals surface area contributed by atoms with E-state index in [-0.39, 0.29) is 0 Å². The second-order valence-corrected chi connectivity index (χ2v) is 5.68. The van der Waals surface area contributed by atoms with Crippen LogP contribution in [-0.4, -0.2) is 37.6 Å². The molecule has 0 bridgehead atoms. The van der Waals surface area contributed by atoms with Crippen molar-refractivity contribution in [2.75, 3.05) is 20.6 Å². The molecular weight excluding hydrogens is 196 g/mol. The van der Waals surface area contributed by atoms with E-state index in [1.807, 2.05) is 0 Å². The fourth-order valence-corrected chi connectivity index (χ4v) is 2.99. The van der Waals surface area contributed by atoms with Gasteiger partial charge in [-0.25, -0.2) is 0 Å². The molecule has 0 saturated heterocycles. The van der Waals surface area contributed by atoms with Crippen molar-refractivity contribution in [2.45, 2.75) is 64.5 Å². The van der Waals surface area contributed by atoms with Crippen LogP contribution in [-0.2, 0) is 0 Å². The van der Waals surface area contributed by atoms with Gasteiger partial charge in [0.15, 0.2) is 0 Å². The summed E-state index contributed by atoms with van der Waals surface area (Å²) in [5, 5.41) is 3.34. The van der Waals surface area contributed by atoms with Crippen molar-refractivity contribution in [3.05, 3.63) is 0 Å². The van der Waals surface area contributed by atoms with Crippen molar-refractivity contribution < 1.29 is 0 Å². The maximum Gasteiger partial charge on any atom is 0.0243 e. The monoisotopic (exact) mass is 226 g/mol. The molecule has 1 saturated carbocycles.